The largest absolute Gasteiger partial charge is 0.573 e. The molecule has 0 bridgehead atoms. The predicted molar refractivity (Wildman–Crippen MR) is 82.4 cm³/mol. The van der Waals surface area contributed by atoms with E-state index in [0.717, 1.165) is 6.54 Å². The zero-order valence-corrected chi connectivity index (χ0v) is 13.3. The van der Waals surface area contributed by atoms with E-state index < -0.39 is 6.36 Å². The fourth-order valence-corrected chi connectivity index (χ4v) is 2.63. The van der Waals surface area contributed by atoms with Crippen molar-refractivity contribution in [3.8, 4) is 5.75 Å². The van der Waals surface area contributed by atoms with Gasteiger partial charge in [-0.05, 0) is 13.1 Å². The smallest absolute Gasteiger partial charge is 0.405 e. The minimum absolute atomic E-state index is 0.0608. The zero-order chi connectivity index (χ0) is 17.7. The minimum Gasteiger partial charge on any atom is -0.405 e. The molecule has 2 rings (SSSR count). The third-order valence-electron chi connectivity index (χ3n) is 3.85. The summed E-state index contributed by atoms with van der Waals surface area (Å²) in [4.78, 5) is 16.0. The van der Waals surface area contributed by atoms with Crippen molar-refractivity contribution in [3.63, 3.8) is 0 Å². The van der Waals surface area contributed by atoms with Crippen LogP contribution in [0.15, 0.2) is 24.3 Å². The summed E-state index contributed by atoms with van der Waals surface area (Å²) in [5, 5.41) is 2.64. The molecule has 0 radical (unpaired) electrons. The number of alkyl halides is 3. The molecule has 1 heterocycles. The third kappa shape index (κ3) is 5.00. The van der Waals surface area contributed by atoms with Gasteiger partial charge in [-0.25, -0.2) is 4.79 Å². The van der Waals surface area contributed by atoms with Crippen molar-refractivity contribution >= 4 is 6.03 Å². The Hall–Kier alpha value is -2.00. The maximum absolute atomic E-state index is 12.4. The highest BCUT2D eigenvalue weighted by molar-refractivity contribution is 5.74. The lowest BCUT2D eigenvalue weighted by atomic mass is 10.2. The molecule has 1 atom stereocenters. The summed E-state index contributed by atoms with van der Waals surface area (Å²) < 4.78 is 41.2. The molecule has 0 aliphatic carbocycles. The number of para-hydroxylation sites is 1. The molecule has 24 heavy (non-hydrogen) atoms. The van der Waals surface area contributed by atoms with Gasteiger partial charge in [0.2, 0.25) is 0 Å². The van der Waals surface area contributed by atoms with E-state index in [1.807, 2.05) is 7.05 Å². The quantitative estimate of drug-likeness (QED) is 0.864. The lowest BCUT2D eigenvalue weighted by Crippen LogP contribution is -2.58. The van der Waals surface area contributed by atoms with Gasteiger partial charge in [-0.3, -0.25) is 0 Å². The first-order valence-electron chi connectivity index (χ1n) is 7.57. The SMILES string of the molecule is CN1CCN(C(=O)NCc2ccccc2OC(F)(F)F)C(CN)C1. The topological polar surface area (TPSA) is 70.8 Å². The minimum atomic E-state index is -4.78. The molecule has 1 fully saturated rings. The molecule has 1 unspecified atom stereocenters. The molecule has 0 spiro atoms. The normalized spacial score (nSPS) is 19.2. The van der Waals surface area contributed by atoms with Gasteiger partial charge in [-0.2, -0.15) is 0 Å². The molecule has 6 nitrogen and oxygen atoms in total. The number of hydrogen-bond donors (Lipinski definition) is 2. The Morgan fingerprint density at radius 2 is 2.08 bits per heavy atom. The second-order valence-electron chi connectivity index (χ2n) is 5.66. The summed E-state index contributed by atoms with van der Waals surface area (Å²) in [6.07, 6.45) is -4.78. The maximum atomic E-state index is 12.4. The third-order valence-corrected chi connectivity index (χ3v) is 3.85. The number of carbonyl (C=O) groups is 1. The Labute approximate surface area is 138 Å². The average molecular weight is 346 g/mol. The van der Waals surface area contributed by atoms with Crippen molar-refractivity contribution in [1.29, 1.82) is 0 Å². The average Bonchev–Trinajstić information content (AvgIpc) is 2.52. The van der Waals surface area contributed by atoms with Gasteiger partial charge < -0.3 is 25.6 Å². The molecule has 1 aromatic rings. The van der Waals surface area contributed by atoms with Crippen molar-refractivity contribution in [2.45, 2.75) is 18.9 Å². The van der Waals surface area contributed by atoms with Crippen LogP contribution < -0.4 is 15.8 Å². The molecule has 0 aromatic heterocycles. The van der Waals surface area contributed by atoms with Crippen LogP contribution in [0.3, 0.4) is 0 Å². The van der Waals surface area contributed by atoms with E-state index in [2.05, 4.69) is 15.0 Å². The van der Waals surface area contributed by atoms with E-state index in [-0.39, 0.29) is 29.9 Å². The second kappa shape index (κ2) is 7.71. The number of carbonyl (C=O) groups excluding carboxylic acids is 1. The lowest BCUT2D eigenvalue weighted by molar-refractivity contribution is -0.274. The molecule has 134 valence electrons. The molecule has 1 aliphatic rings. The molecule has 0 saturated carbocycles. The number of rotatable bonds is 4. The Balaban J connectivity index is 1.99. The van der Waals surface area contributed by atoms with Crippen molar-refractivity contribution in [3.05, 3.63) is 29.8 Å². The van der Waals surface area contributed by atoms with Crippen LogP contribution in [-0.4, -0.2) is 61.5 Å². The van der Waals surface area contributed by atoms with Gasteiger partial charge in [0.15, 0.2) is 0 Å². The number of nitrogens with zero attached hydrogens (tertiary/aromatic N) is 2. The summed E-state index contributed by atoms with van der Waals surface area (Å²) in [6, 6.07) is 5.26. The Morgan fingerprint density at radius 3 is 2.75 bits per heavy atom. The van der Waals surface area contributed by atoms with E-state index in [0.29, 0.717) is 19.6 Å². The van der Waals surface area contributed by atoms with Crippen LogP contribution in [0, 0.1) is 0 Å². The second-order valence-corrected chi connectivity index (χ2v) is 5.66. The number of halogens is 3. The van der Waals surface area contributed by atoms with E-state index >= 15 is 0 Å². The van der Waals surface area contributed by atoms with Crippen molar-refractivity contribution in [2.24, 2.45) is 5.73 Å². The summed E-state index contributed by atoms with van der Waals surface area (Å²) in [6.45, 7) is 2.17. The van der Waals surface area contributed by atoms with E-state index in [1.54, 1.807) is 11.0 Å². The molecule has 3 N–H and O–H groups in total. The predicted octanol–water partition coefficient (Wildman–Crippen LogP) is 1.37. The summed E-state index contributed by atoms with van der Waals surface area (Å²) in [7, 11) is 1.95. The van der Waals surface area contributed by atoms with Crippen LogP contribution in [0.1, 0.15) is 5.56 Å². The molecule has 1 aliphatic heterocycles. The van der Waals surface area contributed by atoms with Crippen LogP contribution in [0.25, 0.3) is 0 Å². The van der Waals surface area contributed by atoms with E-state index in [9.17, 15) is 18.0 Å². The van der Waals surface area contributed by atoms with Crippen LogP contribution in [0.5, 0.6) is 5.75 Å². The van der Waals surface area contributed by atoms with E-state index in [1.165, 1.54) is 18.2 Å². The van der Waals surface area contributed by atoms with E-state index in [4.69, 9.17) is 5.73 Å². The molecule has 1 aromatic carbocycles. The summed E-state index contributed by atoms with van der Waals surface area (Å²) in [5.74, 6) is -0.320. The number of hydrogen-bond acceptors (Lipinski definition) is 4. The Bertz CT molecular complexity index is 568. The summed E-state index contributed by atoms with van der Waals surface area (Å²) >= 11 is 0. The Morgan fingerprint density at radius 1 is 1.38 bits per heavy atom. The molecular formula is C15H21F3N4O2. The number of benzene rings is 1. The number of ether oxygens (including phenoxy) is 1. The molecule has 9 heteroatoms. The highest BCUT2D eigenvalue weighted by Crippen LogP contribution is 2.26. The molecule has 2 amide bonds. The fraction of sp³-hybridized carbons (Fsp3) is 0.533. The highest BCUT2D eigenvalue weighted by Gasteiger charge is 2.32. The molecular weight excluding hydrogens is 325 g/mol. The van der Waals surface area contributed by atoms with Crippen LogP contribution in [0.2, 0.25) is 0 Å². The van der Waals surface area contributed by atoms with Gasteiger partial charge in [0.1, 0.15) is 5.75 Å². The number of piperazine rings is 1. The van der Waals surface area contributed by atoms with Gasteiger partial charge in [-0.1, -0.05) is 18.2 Å². The monoisotopic (exact) mass is 346 g/mol. The molecule has 1 saturated heterocycles. The van der Waals surface area contributed by atoms with Crippen molar-refractivity contribution < 1.29 is 22.7 Å². The standard InChI is InChI=1S/C15H21F3N4O2/c1-21-6-7-22(12(8-19)10-21)14(23)20-9-11-4-2-3-5-13(11)24-15(16,17)18/h2-5,12H,6-10,19H2,1H3,(H,20,23). The van der Waals surface area contributed by atoms with Gasteiger partial charge >= 0.3 is 12.4 Å². The van der Waals surface area contributed by atoms with Crippen LogP contribution in [0.4, 0.5) is 18.0 Å². The Kier molecular flexibility index (Phi) is 5.89. The first kappa shape index (κ1) is 18.3. The van der Waals surface area contributed by atoms with Crippen LogP contribution in [-0.2, 0) is 6.54 Å². The number of urea groups is 1. The van der Waals surface area contributed by atoms with Crippen molar-refractivity contribution in [2.75, 3.05) is 33.2 Å². The lowest BCUT2D eigenvalue weighted by Gasteiger charge is -2.39. The van der Waals surface area contributed by atoms with Gasteiger partial charge in [0, 0.05) is 38.3 Å². The fourth-order valence-electron chi connectivity index (χ4n) is 2.63. The highest BCUT2D eigenvalue weighted by atomic mass is 19.4. The van der Waals surface area contributed by atoms with Crippen molar-refractivity contribution in [1.82, 2.24) is 15.1 Å². The maximum Gasteiger partial charge on any atom is 0.573 e. The first-order chi connectivity index (χ1) is 11.3. The summed E-state index contributed by atoms with van der Waals surface area (Å²) in [5.41, 5.74) is 5.95. The van der Waals surface area contributed by atoms with Gasteiger partial charge in [0.05, 0.1) is 6.04 Å². The first-order valence-corrected chi connectivity index (χ1v) is 7.57. The van der Waals surface area contributed by atoms with Gasteiger partial charge in [0.25, 0.3) is 0 Å². The zero-order valence-electron chi connectivity index (χ0n) is 13.3. The number of likely N-dealkylation sites (N-methyl/N-ethyl adjacent to an activating group) is 1. The number of nitrogens with two attached hydrogens (primary N) is 1. The van der Waals surface area contributed by atoms with Gasteiger partial charge in [-0.15, -0.1) is 13.2 Å². The van der Waals surface area contributed by atoms with Crippen LogP contribution >= 0.6 is 0 Å². The number of nitrogens with one attached hydrogen (secondary N) is 1. The number of amides is 2.